The van der Waals surface area contributed by atoms with Crippen LogP contribution in [0.5, 0.6) is 5.75 Å². The number of carbonyl (C=O) groups excluding carboxylic acids is 1. The fourth-order valence-corrected chi connectivity index (χ4v) is 3.09. The highest BCUT2D eigenvalue weighted by Gasteiger charge is 2.24. The Kier molecular flexibility index (Phi) is 7.20. The number of fused-ring (bicyclic) bond motifs is 1. The van der Waals surface area contributed by atoms with Crippen LogP contribution >= 0.6 is 0 Å². The summed E-state index contributed by atoms with van der Waals surface area (Å²) in [6.07, 6.45) is 1.73. The number of benzene rings is 1. The van der Waals surface area contributed by atoms with Crippen LogP contribution in [0.2, 0.25) is 0 Å². The lowest BCUT2D eigenvalue weighted by Gasteiger charge is -2.20. The molecule has 1 amide bonds. The Morgan fingerprint density at radius 1 is 1.25 bits per heavy atom. The van der Waals surface area contributed by atoms with Gasteiger partial charge in [-0.15, -0.1) is 0 Å². The third kappa shape index (κ3) is 4.91. The van der Waals surface area contributed by atoms with Gasteiger partial charge < -0.3 is 19.6 Å². The highest BCUT2D eigenvalue weighted by molar-refractivity contribution is 5.87. The van der Waals surface area contributed by atoms with E-state index in [4.69, 9.17) is 9.15 Å². The number of aryl methyl sites for hydroxylation is 2. The SMILES string of the molecule is CCCc1cc(=O)oc2c(C)c(O[C@@H](C)C(=O)N[C@@H](CCC)C(=O)O)ccc12. The molecule has 2 atom stereocenters. The van der Waals surface area contributed by atoms with Crippen molar-refractivity contribution in [1.82, 2.24) is 5.32 Å². The number of hydrogen-bond donors (Lipinski definition) is 2. The molecule has 0 spiro atoms. The van der Waals surface area contributed by atoms with Crippen molar-refractivity contribution in [3.05, 3.63) is 39.7 Å². The lowest BCUT2D eigenvalue weighted by molar-refractivity contribution is -0.143. The van der Waals surface area contributed by atoms with E-state index in [-0.39, 0.29) is 0 Å². The molecule has 0 aliphatic carbocycles. The van der Waals surface area contributed by atoms with Gasteiger partial charge in [-0.2, -0.15) is 0 Å². The summed E-state index contributed by atoms with van der Waals surface area (Å²) in [6, 6.07) is 4.10. The lowest BCUT2D eigenvalue weighted by atomic mass is 10.0. The minimum atomic E-state index is -1.07. The van der Waals surface area contributed by atoms with Crippen molar-refractivity contribution in [2.45, 2.75) is 65.5 Å². The Labute approximate surface area is 163 Å². The van der Waals surface area contributed by atoms with E-state index in [1.807, 2.05) is 19.9 Å². The molecule has 1 aromatic carbocycles. The van der Waals surface area contributed by atoms with E-state index in [1.165, 1.54) is 6.07 Å². The predicted molar refractivity (Wildman–Crippen MR) is 106 cm³/mol. The molecule has 1 aromatic heterocycles. The van der Waals surface area contributed by atoms with Gasteiger partial charge in [-0.25, -0.2) is 9.59 Å². The first-order valence-corrected chi connectivity index (χ1v) is 9.54. The summed E-state index contributed by atoms with van der Waals surface area (Å²) in [6.45, 7) is 7.20. The third-order valence-corrected chi connectivity index (χ3v) is 4.58. The molecule has 2 rings (SSSR count). The van der Waals surface area contributed by atoms with Crippen LogP contribution in [0, 0.1) is 6.92 Å². The molecule has 1 heterocycles. The molecule has 2 aromatic rings. The molecular formula is C21H27NO6. The van der Waals surface area contributed by atoms with Crippen LogP contribution in [0.4, 0.5) is 0 Å². The maximum atomic E-state index is 12.3. The summed E-state index contributed by atoms with van der Waals surface area (Å²) in [5.74, 6) is -1.18. The van der Waals surface area contributed by atoms with E-state index >= 15 is 0 Å². The third-order valence-electron chi connectivity index (χ3n) is 4.58. The van der Waals surface area contributed by atoms with Gasteiger partial charge >= 0.3 is 11.6 Å². The van der Waals surface area contributed by atoms with Crippen LogP contribution in [-0.4, -0.2) is 29.1 Å². The molecule has 0 saturated carbocycles. The Morgan fingerprint density at radius 3 is 2.57 bits per heavy atom. The van der Waals surface area contributed by atoms with Gasteiger partial charge in [0.25, 0.3) is 5.91 Å². The van der Waals surface area contributed by atoms with Crippen LogP contribution < -0.4 is 15.7 Å². The van der Waals surface area contributed by atoms with E-state index in [9.17, 15) is 19.5 Å². The van der Waals surface area contributed by atoms with E-state index in [1.54, 1.807) is 19.9 Å². The normalized spacial score (nSPS) is 13.1. The molecule has 2 N–H and O–H groups in total. The van der Waals surface area contributed by atoms with E-state index < -0.39 is 29.6 Å². The average Bonchev–Trinajstić information content (AvgIpc) is 2.64. The number of carbonyl (C=O) groups is 2. The topological polar surface area (TPSA) is 106 Å². The zero-order valence-electron chi connectivity index (χ0n) is 16.7. The van der Waals surface area contributed by atoms with Crippen molar-refractivity contribution >= 4 is 22.8 Å². The van der Waals surface area contributed by atoms with Gasteiger partial charge in [0.1, 0.15) is 17.4 Å². The standard InChI is InChI=1S/C21H27NO6/c1-5-7-14-11-18(23)28-19-12(3)17(10-9-15(14)19)27-13(4)20(24)22-16(8-6-2)21(25)26/h9-11,13,16H,5-8H2,1-4H3,(H,22,24)(H,25,26)/t13-,16-/m0/s1. The second-order valence-electron chi connectivity index (χ2n) is 6.85. The smallest absolute Gasteiger partial charge is 0.336 e. The summed E-state index contributed by atoms with van der Waals surface area (Å²) in [4.78, 5) is 35.5. The molecular weight excluding hydrogens is 362 g/mol. The zero-order valence-corrected chi connectivity index (χ0v) is 16.7. The largest absolute Gasteiger partial charge is 0.480 e. The Balaban J connectivity index is 2.26. The Hall–Kier alpha value is -2.83. The molecule has 0 saturated heterocycles. The van der Waals surface area contributed by atoms with E-state index in [0.717, 1.165) is 23.8 Å². The minimum absolute atomic E-state index is 0.341. The first kappa shape index (κ1) is 21.5. The van der Waals surface area contributed by atoms with Crippen molar-refractivity contribution in [3.8, 4) is 5.75 Å². The summed E-state index contributed by atoms with van der Waals surface area (Å²) < 4.78 is 11.1. The summed E-state index contributed by atoms with van der Waals surface area (Å²) in [7, 11) is 0. The second-order valence-corrected chi connectivity index (χ2v) is 6.85. The van der Waals surface area contributed by atoms with E-state index in [2.05, 4.69) is 5.32 Å². The average molecular weight is 389 g/mol. The Bertz CT molecular complexity index is 917. The summed E-state index contributed by atoms with van der Waals surface area (Å²) in [5.41, 5.74) is 1.55. The maximum absolute atomic E-state index is 12.3. The molecule has 152 valence electrons. The van der Waals surface area contributed by atoms with Crippen LogP contribution in [0.15, 0.2) is 27.4 Å². The fraction of sp³-hybridized carbons (Fsp3) is 0.476. The summed E-state index contributed by atoms with van der Waals surface area (Å²) >= 11 is 0. The zero-order chi connectivity index (χ0) is 20.8. The fourth-order valence-electron chi connectivity index (χ4n) is 3.09. The van der Waals surface area contributed by atoms with Crippen LogP contribution in [0.1, 0.15) is 51.2 Å². The van der Waals surface area contributed by atoms with Crippen LogP contribution in [0.25, 0.3) is 11.0 Å². The van der Waals surface area contributed by atoms with Gasteiger partial charge in [0.05, 0.1) is 0 Å². The monoisotopic (exact) mass is 389 g/mol. The molecule has 0 bridgehead atoms. The molecule has 0 aliphatic rings. The lowest BCUT2D eigenvalue weighted by Crippen LogP contribution is -2.46. The van der Waals surface area contributed by atoms with Crippen molar-refractivity contribution in [1.29, 1.82) is 0 Å². The number of nitrogens with one attached hydrogen (secondary N) is 1. The van der Waals surface area contributed by atoms with Crippen LogP contribution in [-0.2, 0) is 16.0 Å². The number of ether oxygens (including phenoxy) is 1. The molecule has 28 heavy (non-hydrogen) atoms. The number of aliphatic carboxylic acids is 1. The van der Waals surface area contributed by atoms with Gasteiger partial charge in [-0.1, -0.05) is 26.7 Å². The van der Waals surface area contributed by atoms with Crippen molar-refractivity contribution < 1.29 is 23.8 Å². The van der Waals surface area contributed by atoms with Gasteiger partial charge in [0.15, 0.2) is 6.10 Å². The van der Waals surface area contributed by atoms with Gasteiger partial charge in [0.2, 0.25) is 0 Å². The first-order chi connectivity index (χ1) is 13.3. The van der Waals surface area contributed by atoms with E-state index in [0.29, 0.717) is 29.7 Å². The molecule has 0 aliphatic heterocycles. The van der Waals surface area contributed by atoms with Crippen LogP contribution in [0.3, 0.4) is 0 Å². The number of hydrogen-bond acceptors (Lipinski definition) is 5. The predicted octanol–water partition coefficient (Wildman–Crippen LogP) is 3.19. The molecule has 0 radical (unpaired) electrons. The molecule has 7 heteroatoms. The van der Waals surface area contributed by atoms with Crippen molar-refractivity contribution in [2.75, 3.05) is 0 Å². The number of amides is 1. The van der Waals surface area contributed by atoms with Gasteiger partial charge in [-0.3, -0.25) is 4.79 Å². The maximum Gasteiger partial charge on any atom is 0.336 e. The molecule has 0 fully saturated rings. The van der Waals surface area contributed by atoms with Crippen molar-refractivity contribution in [3.63, 3.8) is 0 Å². The van der Waals surface area contributed by atoms with Crippen molar-refractivity contribution in [2.24, 2.45) is 0 Å². The minimum Gasteiger partial charge on any atom is -0.480 e. The summed E-state index contributed by atoms with van der Waals surface area (Å²) in [5, 5.41) is 12.5. The number of carboxylic acids is 1. The highest BCUT2D eigenvalue weighted by Crippen LogP contribution is 2.29. The van der Waals surface area contributed by atoms with Gasteiger partial charge in [0, 0.05) is 17.0 Å². The second kappa shape index (κ2) is 9.39. The number of carboxylic acid groups (broad SMARTS) is 1. The number of rotatable bonds is 9. The molecule has 7 nitrogen and oxygen atoms in total. The first-order valence-electron chi connectivity index (χ1n) is 9.54. The molecule has 0 unspecified atom stereocenters. The Morgan fingerprint density at radius 2 is 1.96 bits per heavy atom. The van der Waals surface area contributed by atoms with Gasteiger partial charge in [-0.05, 0) is 44.4 Å². The highest BCUT2D eigenvalue weighted by atomic mass is 16.5. The quantitative estimate of drug-likeness (QED) is 0.638.